The fourth-order valence-electron chi connectivity index (χ4n) is 2.19. The van der Waals surface area contributed by atoms with Gasteiger partial charge in [0.1, 0.15) is 0 Å². The number of sulfonamides is 1. The molecule has 2 aromatic carbocycles. The summed E-state index contributed by atoms with van der Waals surface area (Å²) in [5.74, 6) is 0. The molecule has 0 unspecified atom stereocenters. The third kappa shape index (κ3) is 2.78. The lowest BCUT2D eigenvalue weighted by Crippen LogP contribution is -2.24. The van der Waals surface area contributed by atoms with Gasteiger partial charge in [-0.1, -0.05) is 31.2 Å². The van der Waals surface area contributed by atoms with Gasteiger partial charge in [0.2, 0.25) is 10.0 Å². The summed E-state index contributed by atoms with van der Waals surface area (Å²) >= 11 is 0. The van der Waals surface area contributed by atoms with Crippen molar-refractivity contribution < 1.29 is 8.42 Å². The minimum Gasteiger partial charge on any atom is -0.377 e. The zero-order chi connectivity index (χ0) is 14.8. The average molecular weight is 292 g/mol. The molecule has 108 valence electrons. The van der Waals surface area contributed by atoms with Crippen molar-refractivity contribution in [3.05, 3.63) is 36.4 Å². The lowest BCUT2D eigenvalue weighted by atomic mass is 10.1. The van der Waals surface area contributed by atoms with Gasteiger partial charge in [-0.2, -0.15) is 0 Å². The van der Waals surface area contributed by atoms with Crippen LogP contribution >= 0.6 is 0 Å². The zero-order valence-corrected chi connectivity index (χ0v) is 12.9. The predicted octanol–water partition coefficient (Wildman–Crippen LogP) is 2.59. The summed E-state index contributed by atoms with van der Waals surface area (Å²) in [5, 5.41) is 1.69. The molecule has 0 aliphatic carbocycles. The zero-order valence-electron chi connectivity index (χ0n) is 12.1. The number of anilines is 1. The first kappa shape index (κ1) is 14.8. The Balaban J connectivity index is 2.65. The van der Waals surface area contributed by atoms with Gasteiger partial charge >= 0.3 is 0 Å². The first-order valence-corrected chi connectivity index (χ1v) is 8.14. The van der Waals surface area contributed by atoms with Gasteiger partial charge in [0, 0.05) is 37.1 Å². The average Bonchev–Trinajstić information content (AvgIpc) is 2.43. The fraction of sp³-hybridized carbons (Fsp3) is 0.333. The van der Waals surface area contributed by atoms with Gasteiger partial charge < -0.3 is 4.90 Å². The Morgan fingerprint density at radius 3 is 2.30 bits per heavy atom. The Morgan fingerprint density at radius 1 is 1.05 bits per heavy atom. The molecule has 1 N–H and O–H groups in total. The summed E-state index contributed by atoms with van der Waals surface area (Å²) in [5.41, 5.74) is 1.01. The van der Waals surface area contributed by atoms with Gasteiger partial charge in [0.15, 0.2) is 0 Å². The van der Waals surface area contributed by atoms with E-state index in [1.54, 1.807) is 6.07 Å². The van der Waals surface area contributed by atoms with Crippen molar-refractivity contribution in [3.8, 4) is 0 Å². The smallest absolute Gasteiger partial charge is 0.241 e. The maximum absolute atomic E-state index is 12.4. The first-order chi connectivity index (χ1) is 9.47. The van der Waals surface area contributed by atoms with E-state index in [0.29, 0.717) is 11.4 Å². The molecule has 0 aromatic heterocycles. The third-order valence-corrected chi connectivity index (χ3v) is 4.69. The molecule has 0 atom stereocenters. The molecular formula is C15H20N2O2S. The van der Waals surface area contributed by atoms with Crippen molar-refractivity contribution in [3.63, 3.8) is 0 Å². The summed E-state index contributed by atoms with van der Waals surface area (Å²) in [6.45, 7) is 2.39. The minimum atomic E-state index is -3.46. The van der Waals surface area contributed by atoms with Gasteiger partial charge in [-0.05, 0) is 18.6 Å². The van der Waals surface area contributed by atoms with E-state index < -0.39 is 10.0 Å². The van der Waals surface area contributed by atoms with Crippen LogP contribution in [0.5, 0.6) is 0 Å². The van der Waals surface area contributed by atoms with E-state index in [1.165, 1.54) is 0 Å². The Kier molecular flexibility index (Phi) is 4.30. The molecule has 0 heterocycles. The number of benzene rings is 2. The monoisotopic (exact) mass is 292 g/mol. The summed E-state index contributed by atoms with van der Waals surface area (Å²) in [7, 11) is 0.439. The van der Waals surface area contributed by atoms with Crippen LogP contribution in [-0.4, -0.2) is 29.1 Å². The number of hydrogen-bond acceptors (Lipinski definition) is 3. The quantitative estimate of drug-likeness (QED) is 0.921. The standard InChI is InChI=1S/C15H20N2O2S/c1-4-11-16-20(18,19)15-10-9-14(17(2)3)12-7-5-6-8-13(12)15/h5-10,16H,4,11H2,1-3H3. The van der Waals surface area contributed by atoms with E-state index >= 15 is 0 Å². The topological polar surface area (TPSA) is 49.4 Å². The molecule has 0 aliphatic rings. The summed E-state index contributed by atoms with van der Waals surface area (Å²) < 4.78 is 27.3. The highest BCUT2D eigenvalue weighted by Gasteiger charge is 2.18. The molecule has 5 heteroatoms. The Hall–Kier alpha value is -1.59. The van der Waals surface area contributed by atoms with Gasteiger partial charge in [-0.25, -0.2) is 13.1 Å². The minimum absolute atomic E-state index is 0.340. The molecule has 0 radical (unpaired) electrons. The molecule has 0 aliphatic heterocycles. The Morgan fingerprint density at radius 2 is 1.70 bits per heavy atom. The van der Waals surface area contributed by atoms with E-state index in [-0.39, 0.29) is 0 Å². The fourth-order valence-corrected chi connectivity index (χ4v) is 3.54. The lowest BCUT2D eigenvalue weighted by molar-refractivity contribution is 0.581. The van der Waals surface area contributed by atoms with Crippen LogP contribution in [0.3, 0.4) is 0 Å². The molecule has 0 spiro atoms. The largest absolute Gasteiger partial charge is 0.377 e. The number of rotatable bonds is 5. The van der Waals surface area contributed by atoms with Crippen LogP contribution in [0, 0.1) is 0 Å². The molecule has 0 fully saturated rings. The van der Waals surface area contributed by atoms with E-state index in [2.05, 4.69) is 4.72 Å². The highest BCUT2D eigenvalue weighted by Crippen LogP contribution is 2.30. The van der Waals surface area contributed by atoms with Crippen molar-refractivity contribution >= 4 is 26.5 Å². The maximum Gasteiger partial charge on any atom is 0.241 e. The maximum atomic E-state index is 12.4. The lowest BCUT2D eigenvalue weighted by Gasteiger charge is -2.17. The van der Waals surface area contributed by atoms with Crippen LogP contribution in [0.25, 0.3) is 10.8 Å². The van der Waals surface area contributed by atoms with Crippen LogP contribution in [0.2, 0.25) is 0 Å². The summed E-state index contributed by atoms with van der Waals surface area (Å²) in [6, 6.07) is 11.1. The molecular weight excluding hydrogens is 272 g/mol. The van der Waals surface area contributed by atoms with Crippen molar-refractivity contribution in [1.29, 1.82) is 0 Å². The molecule has 0 saturated heterocycles. The highest BCUT2D eigenvalue weighted by atomic mass is 32.2. The molecule has 20 heavy (non-hydrogen) atoms. The first-order valence-electron chi connectivity index (χ1n) is 6.66. The van der Waals surface area contributed by atoms with Gasteiger partial charge in [-0.3, -0.25) is 0 Å². The Bertz CT molecular complexity index is 709. The second-order valence-electron chi connectivity index (χ2n) is 4.92. The molecule has 0 amide bonds. The number of nitrogens with one attached hydrogen (secondary N) is 1. The highest BCUT2D eigenvalue weighted by molar-refractivity contribution is 7.89. The molecule has 2 rings (SSSR count). The number of fused-ring (bicyclic) bond motifs is 1. The van der Waals surface area contributed by atoms with Gasteiger partial charge in [0.05, 0.1) is 4.90 Å². The summed E-state index contributed by atoms with van der Waals surface area (Å²) in [4.78, 5) is 2.32. The summed E-state index contributed by atoms with van der Waals surface area (Å²) in [6.07, 6.45) is 0.771. The SMILES string of the molecule is CCCNS(=O)(=O)c1ccc(N(C)C)c2ccccc12. The van der Waals surface area contributed by atoms with E-state index in [0.717, 1.165) is 22.9 Å². The van der Waals surface area contributed by atoms with Crippen LogP contribution in [0.1, 0.15) is 13.3 Å². The van der Waals surface area contributed by atoms with Crippen molar-refractivity contribution in [2.45, 2.75) is 18.2 Å². The Labute approximate surface area is 120 Å². The number of hydrogen-bond donors (Lipinski definition) is 1. The molecule has 4 nitrogen and oxygen atoms in total. The normalized spacial score (nSPS) is 11.8. The van der Waals surface area contributed by atoms with Crippen LogP contribution in [0.15, 0.2) is 41.3 Å². The van der Waals surface area contributed by atoms with Crippen LogP contribution in [-0.2, 0) is 10.0 Å². The van der Waals surface area contributed by atoms with E-state index in [9.17, 15) is 8.42 Å². The van der Waals surface area contributed by atoms with Crippen molar-refractivity contribution in [1.82, 2.24) is 4.72 Å². The van der Waals surface area contributed by atoms with Crippen molar-refractivity contribution in [2.75, 3.05) is 25.5 Å². The predicted molar refractivity (Wildman–Crippen MR) is 83.8 cm³/mol. The number of nitrogens with zero attached hydrogens (tertiary/aromatic N) is 1. The van der Waals surface area contributed by atoms with Gasteiger partial charge in [-0.15, -0.1) is 0 Å². The van der Waals surface area contributed by atoms with Gasteiger partial charge in [0.25, 0.3) is 0 Å². The van der Waals surface area contributed by atoms with Crippen LogP contribution < -0.4 is 9.62 Å². The second-order valence-corrected chi connectivity index (χ2v) is 6.66. The molecule has 0 saturated carbocycles. The van der Waals surface area contributed by atoms with E-state index in [1.807, 2.05) is 56.3 Å². The second kappa shape index (κ2) is 5.81. The molecule has 0 bridgehead atoms. The third-order valence-electron chi connectivity index (χ3n) is 3.17. The van der Waals surface area contributed by atoms with E-state index in [4.69, 9.17) is 0 Å². The van der Waals surface area contributed by atoms with Crippen LogP contribution in [0.4, 0.5) is 5.69 Å². The van der Waals surface area contributed by atoms with Crippen molar-refractivity contribution in [2.24, 2.45) is 0 Å². The molecule has 2 aromatic rings.